The highest BCUT2D eigenvalue weighted by Gasteiger charge is 2.28. The lowest BCUT2D eigenvalue weighted by atomic mass is 9.91. The zero-order valence-electron chi connectivity index (χ0n) is 92.0. The molecule has 7 aromatic heterocycles. The number of aromatic nitrogens is 4. The zero-order valence-corrected chi connectivity index (χ0v) is 81.9. The number of thiophene rings is 1. The van der Waals surface area contributed by atoms with Crippen LogP contribution in [0.2, 0.25) is 0 Å². The number of hydrogen-bond acceptors (Lipinski definition) is 3. The molecule has 0 atom stereocenters. The third-order valence-electron chi connectivity index (χ3n) is 29.9. The molecule has 31 aromatic rings. The predicted molar refractivity (Wildman–Crippen MR) is 635 cm³/mol. The fraction of sp³-hybridized carbons (Fsp3) is 0.00699. The van der Waals surface area contributed by atoms with Crippen molar-refractivity contribution in [2.45, 2.75) is 6.92 Å². The van der Waals surface area contributed by atoms with E-state index in [1.54, 1.807) is 12.1 Å². The predicted octanol–water partition coefficient (Wildman–Crippen LogP) is 40.1. The van der Waals surface area contributed by atoms with E-state index >= 15 is 0 Å². The van der Waals surface area contributed by atoms with Gasteiger partial charge in [-0.3, -0.25) is 0 Å². The van der Waals surface area contributed by atoms with E-state index in [9.17, 15) is 6.85 Å². The van der Waals surface area contributed by atoms with Gasteiger partial charge in [-0.05, 0) is 205 Å². The van der Waals surface area contributed by atoms with Crippen LogP contribution in [0.15, 0.2) is 548 Å². The van der Waals surface area contributed by atoms with Crippen LogP contribution in [0.25, 0.3) is 285 Å². The van der Waals surface area contributed by atoms with Crippen molar-refractivity contribution >= 4 is 173 Å². The van der Waals surface area contributed by atoms with Crippen LogP contribution >= 0.6 is 11.3 Å². The highest BCUT2D eigenvalue weighted by Crippen LogP contribution is 2.52. The minimum atomic E-state index is -0.602. The molecule has 150 heavy (non-hydrogen) atoms. The van der Waals surface area contributed by atoms with E-state index in [1.807, 2.05) is 102 Å². The second kappa shape index (κ2) is 36.1. The Hall–Kier alpha value is -19.4. The molecule has 0 N–H and O–H groups in total. The Morgan fingerprint density at radius 1 is 0.200 bits per heavy atom. The molecule has 0 radical (unpaired) electrons. The monoisotopic (exact) mass is 1940 g/mol. The summed E-state index contributed by atoms with van der Waals surface area (Å²) in [6.07, 6.45) is 0. The summed E-state index contributed by atoms with van der Waals surface area (Å²) in [5, 5.41) is 16.8. The second-order valence-corrected chi connectivity index (χ2v) is 39.2. The lowest BCUT2D eigenvalue weighted by molar-refractivity contribution is 0.669. The number of rotatable bonds is 13. The van der Waals surface area contributed by atoms with Crippen molar-refractivity contribution in [2.24, 2.45) is 0 Å². The number of benzene rings is 24. The van der Waals surface area contributed by atoms with E-state index in [0.29, 0.717) is 11.1 Å². The first-order chi connectivity index (χ1) is 79.0. The topological polar surface area (TPSA) is 46.0 Å². The summed E-state index contributed by atoms with van der Waals surface area (Å²) in [5.41, 5.74) is 31.3. The minimum Gasteiger partial charge on any atom is -0.456 e. The van der Waals surface area contributed by atoms with Crippen molar-refractivity contribution in [3.05, 3.63) is 545 Å². The summed E-state index contributed by atoms with van der Waals surface area (Å²) in [5.74, 6) is 0. The molecule has 24 aromatic carbocycles. The Bertz CT molecular complexity index is 11600. The van der Waals surface area contributed by atoms with Gasteiger partial charge in [0, 0.05) is 118 Å². The van der Waals surface area contributed by atoms with Crippen LogP contribution in [-0.2, 0) is 0 Å². The first-order valence-corrected chi connectivity index (χ1v) is 51.3. The van der Waals surface area contributed by atoms with E-state index in [4.69, 9.17) is 17.1 Å². The van der Waals surface area contributed by atoms with Crippen molar-refractivity contribution in [3.8, 4) is 123 Å². The Morgan fingerprint density at radius 2 is 0.580 bits per heavy atom. The van der Waals surface area contributed by atoms with Gasteiger partial charge in [-0.1, -0.05) is 430 Å². The molecule has 702 valence electrons. The molecule has 0 aliphatic rings. The molecule has 0 aliphatic heterocycles. The fourth-order valence-corrected chi connectivity index (χ4v) is 24.6. The molecule has 0 saturated heterocycles. The summed E-state index contributed by atoms with van der Waals surface area (Å²) in [4.78, 5) is 0. The Labute approximate surface area is 884 Å². The van der Waals surface area contributed by atoms with Gasteiger partial charge in [-0.15, -0.1) is 11.3 Å². The van der Waals surface area contributed by atoms with Crippen molar-refractivity contribution in [2.75, 3.05) is 0 Å². The molecule has 0 amide bonds. The van der Waals surface area contributed by atoms with Crippen molar-refractivity contribution in [1.82, 2.24) is 18.3 Å². The molecule has 0 unspecified atom stereocenters. The van der Waals surface area contributed by atoms with Crippen LogP contribution < -0.4 is 0 Å². The molecule has 31 rings (SSSR count). The van der Waals surface area contributed by atoms with Gasteiger partial charge in [0.25, 0.3) is 0 Å². The minimum absolute atomic E-state index is 0.0599. The summed E-state index contributed by atoms with van der Waals surface area (Å²) in [6.45, 7) is 1.46. The molecular formula is C143H92N4O2S. The van der Waals surface area contributed by atoms with Crippen LogP contribution in [0.1, 0.15) is 20.6 Å². The van der Waals surface area contributed by atoms with E-state index in [2.05, 4.69) is 384 Å². The zero-order chi connectivity index (χ0) is 109. The third kappa shape index (κ3) is 14.3. The molecule has 0 bridgehead atoms. The number of para-hydroxylation sites is 10. The molecule has 7 heteroatoms. The highest BCUT2D eigenvalue weighted by molar-refractivity contribution is 7.26. The molecule has 0 saturated carbocycles. The first-order valence-electron chi connectivity index (χ1n) is 56.0. The maximum absolute atomic E-state index is 9.57. The Balaban J connectivity index is 0.000000112. The van der Waals surface area contributed by atoms with Gasteiger partial charge < -0.3 is 27.1 Å². The normalized spacial score (nSPS) is 12.8. The van der Waals surface area contributed by atoms with Gasteiger partial charge in [-0.25, -0.2) is 0 Å². The number of furan rings is 2. The SMILES string of the molecule is [2H]c1c([2H])c(-n2c3c([2H])c([2H])c([2H])c([2H])c3c3c(-c4ccccc4-c4ccccc4-n4c5ccccc5c5c(-c6ccccc6)cccc54)c([2H])c([2H])c([2H])c32)c([2H])c([2H])c1C.c1ccc(-c2cccc3c2oc2ccccc23)c(-c2ccccc2-n2c3ccccc3c3c(-c4ccc5ccccc5c4)cccc32)c1.c1ccc(-c2cccc3c2sc2ccccc23)c(-c2ccccc2-n2c3ccccc3c3c(-c4ccc5c(c4)oc4ccccc45)cccc32)c1. The average Bonchev–Trinajstić information content (AvgIpc) is 1.52. The standard InChI is InChI=1S/C49H34N2.C48H29NOS.C46H29NO/c1-33-29-31-35(32-30-33)50-44-25-11-8-20-41(44)49-40(23-14-27-46(49)50)38-18-6-5-17-37(38)39-19-7-10-24-43(39)51-45-26-12-9-21-42(45)48-36(22-13-28-47(48)51)34-15-3-2-4-16-34;1-2-14-33(38-20-11-21-39-37-17-6-10-26-46(37)51-48(38)39)32(13-1)34-15-3-7-22-41(34)49-42-23-8-4-18-40(42)47-31(19-12-24-43(47)49)30-27-28-36-35-16-5-9-25-44(35)50-45(36)29-30;1-2-14-31-29-32(28-27-30(31)13-1)33-20-12-25-43-45(33)40-19-6-9-24-42(40)47(43)41-23-8-5-17-36(41)34-15-3-4-16-35(34)38-21-11-22-39-37-18-7-10-26-44(37)48-46(38)39/h2-32H,1H3;1-29H;1-29H/i8D,11D,14D,20D,23D,25D,27D,29D,30D,31D,32D;;. The number of fused-ring (bicyclic) bond motifs is 22. The fourth-order valence-electron chi connectivity index (χ4n) is 23.4. The Kier molecular flexibility index (Phi) is 18.3. The highest BCUT2D eigenvalue weighted by atomic mass is 32.1. The van der Waals surface area contributed by atoms with Gasteiger partial charge >= 0.3 is 0 Å². The first kappa shape index (κ1) is 76.2. The maximum Gasteiger partial charge on any atom is 0.143 e. The summed E-state index contributed by atoms with van der Waals surface area (Å²) < 4.78 is 123. The van der Waals surface area contributed by atoms with E-state index in [-0.39, 0.29) is 56.7 Å². The third-order valence-corrected chi connectivity index (χ3v) is 31.1. The van der Waals surface area contributed by atoms with Gasteiger partial charge in [-0.2, -0.15) is 0 Å². The lowest BCUT2D eigenvalue weighted by Gasteiger charge is -2.17. The van der Waals surface area contributed by atoms with Crippen LogP contribution in [0.4, 0.5) is 0 Å². The van der Waals surface area contributed by atoms with Crippen LogP contribution in [0.5, 0.6) is 0 Å². The van der Waals surface area contributed by atoms with Crippen molar-refractivity contribution in [1.29, 1.82) is 0 Å². The number of nitrogens with zero attached hydrogens (tertiary/aromatic N) is 4. The number of hydrogen-bond donors (Lipinski definition) is 0. The quantitative estimate of drug-likeness (QED) is 0.115. The summed E-state index contributed by atoms with van der Waals surface area (Å²) in [7, 11) is 0. The van der Waals surface area contributed by atoms with Gasteiger partial charge in [0.1, 0.15) is 22.3 Å². The summed E-state index contributed by atoms with van der Waals surface area (Å²) >= 11 is 1.88. The second-order valence-electron chi connectivity index (χ2n) is 38.1. The van der Waals surface area contributed by atoms with Gasteiger partial charge in [0.2, 0.25) is 0 Å². The van der Waals surface area contributed by atoms with Gasteiger partial charge in [0.05, 0.1) is 76.3 Å². The molecule has 7 heterocycles. The average molecular weight is 1940 g/mol. The molecule has 6 nitrogen and oxygen atoms in total. The smallest absolute Gasteiger partial charge is 0.143 e. The molecule has 0 fully saturated rings. The largest absolute Gasteiger partial charge is 0.456 e. The Morgan fingerprint density at radius 3 is 1.16 bits per heavy atom. The van der Waals surface area contributed by atoms with Crippen LogP contribution in [-0.4, -0.2) is 18.3 Å². The van der Waals surface area contributed by atoms with Gasteiger partial charge in [0.15, 0.2) is 0 Å². The molecular weight excluding hydrogens is 1840 g/mol. The van der Waals surface area contributed by atoms with E-state index in [1.165, 1.54) is 131 Å². The van der Waals surface area contributed by atoms with Crippen LogP contribution in [0, 0.1) is 6.92 Å². The maximum atomic E-state index is 9.57. The van der Waals surface area contributed by atoms with E-state index in [0.717, 1.165) is 122 Å². The lowest BCUT2D eigenvalue weighted by Crippen LogP contribution is -1.98. The molecule has 0 spiro atoms. The summed E-state index contributed by atoms with van der Waals surface area (Å²) in [6, 6.07) is 162. The van der Waals surface area contributed by atoms with Crippen molar-refractivity contribution in [3.63, 3.8) is 0 Å². The van der Waals surface area contributed by atoms with E-state index < -0.39 is 48.3 Å². The molecule has 0 aliphatic carbocycles. The van der Waals surface area contributed by atoms with Crippen LogP contribution in [0.3, 0.4) is 0 Å². The van der Waals surface area contributed by atoms with Crippen molar-refractivity contribution < 1.29 is 23.9 Å².